The minimum absolute atomic E-state index is 0.177. The van der Waals surface area contributed by atoms with Gasteiger partial charge in [-0.15, -0.1) is 11.6 Å². The molecule has 0 atom stereocenters. The highest BCUT2D eigenvalue weighted by Gasteiger charge is 2.12. The van der Waals surface area contributed by atoms with Crippen molar-refractivity contribution >= 4 is 40.0 Å². The first kappa shape index (κ1) is 12.4. The van der Waals surface area contributed by atoms with Crippen LogP contribution in [0.4, 0.5) is 5.69 Å². The SMILES string of the molecule is COC(=O)c1c[nH]c2cc(N=C(N)CCl)ccc12. The van der Waals surface area contributed by atoms with Gasteiger partial charge in [-0.1, -0.05) is 0 Å². The molecule has 2 aromatic rings. The Morgan fingerprint density at radius 2 is 2.33 bits per heavy atom. The number of benzene rings is 1. The number of rotatable bonds is 3. The zero-order valence-electron chi connectivity index (χ0n) is 9.74. The number of esters is 1. The smallest absolute Gasteiger partial charge is 0.340 e. The standard InChI is InChI=1S/C12H12ClN3O2/c1-18-12(17)9-6-15-10-4-7(2-3-8(9)10)16-11(14)5-13/h2-4,6,15H,5H2,1H3,(H2,14,16). The average molecular weight is 266 g/mol. The van der Waals surface area contributed by atoms with E-state index in [9.17, 15) is 4.79 Å². The van der Waals surface area contributed by atoms with Crippen molar-refractivity contribution in [1.29, 1.82) is 0 Å². The minimum Gasteiger partial charge on any atom is -0.465 e. The Kier molecular flexibility index (Phi) is 3.53. The summed E-state index contributed by atoms with van der Waals surface area (Å²) < 4.78 is 4.69. The predicted octanol–water partition coefficient (Wildman–Crippen LogP) is 2.18. The number of ether oxygens (including phenoxy) is 1. The summed E-state index contributed by atoms with van der Waals surface area (Å²) in [5.41, 5.74) is 7.52. The van der Waals surface area contributed by atoms with Gasteiger partial charge in [0.15, 0.2) is 0 Å². The van der Waals surface area contributed by atoms with Gasteiger partial charge in [0.2, 0.25) is 0 Å². The van der Waals surface area contributed by atoms with Crippen molar-refractivity contribution in [2.45, 2.75) is 0 Å². The molecule has 0 radical (unpaired) electrons. The van der Waals surface area contributed by atoms with Crippen LogP contribution >= 0.6 is 11.6 Å². The molecule has 18 heavy (non-hydrogen) atoms. The van der Waals surface area contributed by atoms with Gasteiger partial charge in [-0.25, -0.2) is 9.79 Å². The van der Waals surface area contributed by atoms with E-state index in [1.54, 1.807) is 24.4 Å². The van der Waals surface area contributed by atoms with Crippen LogP contribution in [0.2, 0.25) is 0 Å². The molecule has 0 spiro atoms. The molecular weight excluding hydrogens is 254 g/mol. The third kappa shape index (κ3) is 2.31. The number of amidine groups is 1. The lowest BCUT2D eigenvalue weighted by atomic mass is 10.1. The molecule has 0 fully saturated rings. The molecule has 0 saturated carbocycles. The number of aromatic nitrogens is 1. The fourth-order valence-electron chi connectivity index (χ4n) is 1.66. The Hall–Kier alpha value is -2.01. The number of alkyl halides is 1. The number of aliphatic imine (C=N–C) groups is 1. The van der Waals surface area contributed by atoms with Gasteiger partial charge in [-0.2, -0.15) is 0 Å². The van der Waals surface area contributed by atoms with Crippen molar-refractivity contribution in [1.82, 2.24) is 4.98 Å². The second-order valence-corrected chi connectivity index (χ2v) is 3.93. The van der Waals surface area contributed by atoms with Crippen LogP contribution in [0.5, 0.6) is 0 Å². The number of halogens is 1. The van der Waals surface area contributed by atoms with Crippen molar-refractivity contribution in [3.05, 3.63) is 30.0 Å². The average Bonchev–Trinajstić information content (AvgIpc) is 2.80. The molecule has 5 nitrogen and oxygen atoms in total. The third-order valence-electron chi connectivity index (χ3n) is 2.48. The highest BCUT2D eigenvalue weighted by molar-refractivity contribution is 6.28. The lowest BCUT2D eigenvalue weighted by molar-refractivity contribution is 0.0603. The van der Waals surface area contributed by atoms with Gasteiger partial charge in [-0.05, 0) is 18.2 Å². The number of nitrogens with one attached hydrogen (secondary N) is 1. The van der Waals surface area contributed by atoms with Gasteiger partial charge >= 0.3 is 5.97 Å². The molecule has 0 amide bonds. The number of nitrogens with zero attached hydrogens (tertiary/aromatic N) is 1. The highest BCUT2D eigenvalue weighted by Crippen LogP contribution is 2.24. The first-order valence-corrected chi connectivity index (χ1v) is 5.77. The first-order chi connectivity index (χ1) is 8.65. The Labute approximate surface area is 109 Å². The highest BCUT2D eigenvalue weighted by atomic mass is 35.5. The summed E-state index contributed by atoms with van der Waals surface area (Å²) in [5.74, 6) is 0.143. The van der Waals surface area contributed by atoms with Gasteiger partial charge in [0.1, 0.15) is 5.84 Å². The Balaban J connectivity index is 2.46. The summed E-state index contributed by atoms with van der Waals surface area (Å²) in [5, 5.41) is 0.783. The number of aromatic amines is 1. The molecule has 1 heterocycles. The molecule has 6 heteroatoms. The van der Waals surface area contributed by atoms with E-state index in [0.29, 0.717) is 17.1 Å². The molecule has 0 aliphatic carbocycles. The molecule has 3 N–H and O–H groups in total. The second-order valence-electron chi connectivity index (χ2n) is 3.66. The van der Waals surface area contributed by atoms with Gasteiger partial charge in [-0.3, -0.25) is 0 Å². The van der Waals surface area contributed by atoms with Crippen molar-refractivity contribution in [3.63, 3.8) is 0 Å². The number of methoxy groups -OCH3 is 1. The molecule has 1 aromatic heterocycles. The molecule has 0 unspecified atom stereocenters. The van der Waals surface area contributed by atoms with Gasteiger partial charge < -0.3 is 15.5 Å². The fraction of sp³-hybridized carbons (Fsp3) is 0.167. The summed E-state index contributed by atoms with van der Waals surface area (Å²) in [6.07, 6.45) is 1.61. The maximum atomic E-state index is 11.5. The summed E-state index contributed by atoms with van der Waals surface area (Å²) in [6.45, 7) is 0. The molecule has 0 aliphatic heterocycles. The van der Waals surface area contributed by atoms with Crippen LogP contribution in [0.15, 0.2) is 29.4 Å². The van der Waals surface area contributed by atoms with Crippen LogP contribution in [0.1, 0.15) is 10.4 Å². The van der Waals surface area contributed by atoms with Gasteiger partial charge in [0.25, 0.3) is 0 Å². The largest absolute Gasteiger partial charge is 0.465 e. The first-order valence-electron chi connectivity index (χ1n) is 5.24. The van der Waals surface area contributed by atoms with Crippen LogP contribution in [-0.4, -0.2) is 29.8 Å². The van der Waals surface area contributed by atoms with Crippen molar-refractivity contribution in [3.8, 4) is 0 Å². The summed E-state index contributed by atoms with van der Waals surface area (Å²) in [7, 11) is 1.35. The van der Waals surface area contributed by atoms with E-state index < -0.39 is 0 Å². The van der Waals surface area contributed by atoms with E-state index >= 15 is 0 Å². The number of carbonyl (C=O) groups excluding carboxylic acids is 1. The summed E-state index contributed by atoms with van der Waals surface area (Å²) in [4.78, 5) is 18.6. The minimum atomic E-state index is -0.377. The molecule has 0 aliphatic rings. The maximum Gasteiger partial charge on any atom is 0.340 e. The van der Waals surface area contributed by atoms with Crippen LogP contribution < -0.4 is 5.73 Å². The Morgan fingerprint density at radius 1 is 1.56 bits per heavy atom. The predicted molar refractivity (Wildman–Crippen MR) is 71.6 cm³/mol. The molecule has 0 saturated heterocycles. The van der Waals surface area contributed by atoms with E-state index in [1.807, 2.05) is 0 Å². The van der Waals surface area contributed by atoms with E-state index in [2.05, 4.69) is 9.98 Å². The number of fused-ring (bicyclic) bond motifs is 1. The number of carbonyl (C=O) groups is 1. The number of H-pyrrole nitrogens is 1. The molecule has 0 bridgehead atoms. The summed E-state index contributed by atoms with van der Waals surface area (Å²) in [6, 6.07) is 5.35. The second kappa shape index (κ2) is 5.10. The van der Waals surface area contributed by atoms with Crippen molar-refractivity contribution < 1.29 is 9.53 Å². The van der Waals surface area contributed by atoms with E-state index in [4.69, 9.17) is 22.1 Å². The van der Waals surface area contributed by atoms with Crippen molar-refractivity contribution in [2.24, 2.45) is 10.7 Å². The van der Waals surface area contributed by atoms with E-state index in [0.717, 1.165) is 10.9 Å². The fourth-order valence-corrected chi connectivity index (χ4v) is 1.72. The molecule has 94 valence electrons. The quantitative estimate of drug-likeness (QED) is 0.386. The number of hydrogen-bond acceptors (Lipinski definition) is 3. The van der Waals surface area contributed by atoms with Crippen LogP contribution in [-0.2, 0) is 4.74 Å². The van der Waals surface area contributed by atoms with Gasteiger partial charge in [0.05, 0.1) is 24.2 Å². The molecular formula is C12H12ClN3O2. The maximum absolute atomic E-state index is 11.5. The van der Waals surface area contributed by atoms with Crippen LogP contribution in [0.25, 0.3) is 10.9 Å². The van der Waals surface area contributed by atoms with E-state index in [-0.39, 0.29) is 11.8 Å². The third-order valence-corrected chi connectivity index (χ3v) is 2.75. The zero-order valence-corrected chi connectivity index (χ0v) is 10.5. The molecule has 1 aromatic carbocycles. The van der Waals surface area contributed by atoms with Crippen molar-refractivity contribution in [2.75, 3.05) is 13.0 Å². The normalized spacial score (nSPS) is 11.8. The van der Waals surface area contributed by atoms with Gasteiger partial charge in [0, 0.05) is 17.1 Å². The van der Waals surface area contributed by atoms with Crippen LogP contribution in [0.3, 0.4) is 0 Å². The van der Waals surface area contributed by atoms with Crippen LogP contribution in [0, 0.1) is 0 Å². The monoisotopic (exact) mass is 265 g/mol. The zero-order chi connectivity index (χ0) is 13.1. The summed E-state index contributed by atoms with van der Waals surface area (Å²) >= 11 is 5.56. The number of hydrogen-bond donors (Lipinski definition) is 2. The lowest BCUT2D eigenvalue weighted by Gasteiger charge is -1.99. The Morgan fingerprint density at radius 3 is 3.00 bits per heavy atom. The number of nitrogens with two attached hydrogens (primary N) is 1. The topological polar surface area (TPSA) is 80.5 Å². The molecule has 2 rings (SSSR count). The Bertz CT molecular complexity index is 619. The van der Waals surface area contributed by atoms with E-state index in [1.165, 1.54) is 7.11 Å². The lowest BCUT2D eigenvalue weighted by Crippen LogP contribution is -2.12.